The molecule has 1 aliphatic heterocycles. The van der Waals surface area contributed by atoms with Gasteiger partial charge >= 0.3 is 0 Å². The highest BCUT2D eigenvalue weighted by atomic mass is 79.9. The number of aryl methyl sites for hydroxylation is 2. The number of hydrogen-bond acceptors (Lipinski definition) is 4. The van der Waals surface area contributed by atoms with Crippen molar-refractivity contribution in [1.82, 2.24) is 9.97 Å². The van der Waals surface area contributed by atoms with Crippen molar-refractivity contribution >= 4 is 31.9 Å². The fourth-order valence-electron chi connectivity index (χ4n) is 1.58. The Morgan fingerprint density at radius 2 is 1.22 bits per heavy atom. The van der Waals surface area contributed by atoms with Crippen LogP contribution in [0.5, 0.6) is 23.3 Å². The average Bonchev–Trinajstić information content (AvgIpc) is 2.31. The minimum atomic E-state index is 0.459. The van der Waals surface area contributed by atoms with Crippen LogP contribution in [0.15, 0.2) is 21.1 Å². The smallest absolute Gasteiger partial charge is 0.263 e. The van der Waals surface area contributed by atoms with E-state index in [1.54, 1.807) is 0 Å². The number of halogens is 2. The zero-order valence-electron chi connectivity index (χ0n) is 9.62. The van der Waals surface area contributed by atoms with Gasteiger partial charge in [0.15, 0.2) is 11.5 Å². The number of fused-ring (bicyclic) bond motifs is 2. The molecule has 0 aliphatic carbocycles. The summed E-state index contributed by atoms with van der Waals surface area (Å²) in [6.45, 7) is 3.79. The quantitative estimate of drug-likeness (QED) is 0.582. The first-order chi connectivity index (χ1) is 8.54. The highest BCUT2D eigenvalue weighted by Gasteiger charge is 2.23. The van der Waals surface area contributed by atoms with Gasteiger partial charge in [0.25, 0.3) is 11.8 Å². The Kier molecular flexibility index (Phi) is 2.79. The predicted octanol–water partition coefficient (Wildman–Crippen LogP) is 4.52. The molecule has 3 rings (SSSR count). The Hall–Kier alpha value is -1.14. The van der Waals surface area contributed by atoms with Crippen LogP contribution in [0.1, 0.15) is 11.4 Å². The Morgan fingerprint density at radius 1 is 0.833 bits per heavy atom. The minimum Gasteiger partial charge on any atom is -0.430 e. The molecule has 6 heteroatoms. The molecule has 3 heterocycles. The molecule has 0 unspecified atom stereocenters. The number of nitrogens with zero attached hydrogens (tertiary/aromatic N) is 2. The average molecular weight is 372 g/mol. The molecule has 2 aromatic heterocycles. The van der Waals surface area contributed by atoms with E-state index in [9.17, 15) is 0 Å². The normalized spacial score (nSPS) is 12.2. The molecule has 0 aromatic carbocycles. The van der Waals surface area contributed by atoms with Crippen molar-refractivity contribution < 1.29 is 9.47 Å². The molecule has 0 saturated carbocycles. The fraction of sp³-hybridized carbons (Fsp3) is 0.167. The summed E-state index contributed by atoms with van der Waals surface area (Å²) in [7, 11) is 0. The lowest BCUT2D eigenvalue weighted by atomic mass is 10.3. The number of hydrogen-bond donors (Lipinski definition) is 0. The topological polar surface area (TPSA) is 44.2 Å². The molecule has 0 bridgehead atoms. The maximum Gasteiger partial charge on any atom is 0.263 e. The predicted molar refractivity (Wildman–Crippen MR) is 73.5 cm³/mol. The summed E-state index contributed by atoms with van der Waals surface area (Å²) in [6.07, 6.45) is 0. The van der Waals surface area contributed by atoms with Crippen molar-refractivity contribution in [3.8, 4) is 23.3 Å². The van der Waals surface area contributed by atoms with E-state index >= 15 is 0 Å². The van der Waals surface area contributed by atoms with Gasteiger partial charge in [0.1, 0.15) is 0 Å². The van der Waals surface area contributed by atoms with Gasteiger partial charge in [0, 0.05) is 21.1 Å². The maximum absolute atomic E-state index is 5.70. The van der Waals surface area contributed by atoms with E-state index < -0.39 is 0 Å². The van der Waals surface area contributed by atoms with Crippen LogP contribution in [0.3, 0.4) is 0 Å². The summed E-state index contributed by atoms with van der Waals surface area (Å²) < 4.78 is 13.2. The highest BCUT2D eigenvalue weighted by Crippen LogP contribution is 2.45. The zero-order chi connectivity index (χ0) is 12.9. The largest absolute Gasteiger partial charge is 0.430 e. The lowest BCUT2D eigenvalue weighted by Gasteiger charge is -2.20. The van der Waals surface area contributed by atoms with Crippen LogP contribution in [-0.4, -0.2) is 9.97 Å². The number of pyridine rings is 2. The van der Waals surface area contributed by atoms with Gasteiger partial charge in [-0.05, 0) is 45.7 Å². The summed E-state index contributed by atoms with van der Waals surface area (Å²) >= 11 is 6.83. The summed E-state index contributed by atoms with van der Waals surface area (Å²) in [5.41, 5.74) is 1.69. The molecule has 0 atom stereocenters. The lowest BCUT2D eigenvalue weighted by molar-refractivity contribution is 0.335. The molecule has 0 amide bonds. The van der Waals surface area contributed by atoms with Crippen molar-refractivity contribution in [3.05, 3.63) is 32.5 Å². The standard InChI is InChI=1S/C12H8Br2N2O2/c1-5-7(13)3-9-11(15-5)17-10-4-8(14)6(2)16-12(10)18-9/h3-4H,1-2H3. The van der Waals surface area contributed by atoms with Crippen LogP contribution in [0.2, 0.25) is 0 Å². The second-order valence-electron chi connectivity index (χ2n) is 3.92. The molecule has 18 heavy (non-hydrogen) atoms. The molecule has 0 saturated heterocycles. The first-order valence-electron chi connectivity index (χ1n) is 5.24. The first kappa shape index (κ1) is 11.9. The van der Waals surface area contributed by atoms with Crippen molar-refractivity contribution in [2.45, 2.75) is 13.8 Å². The SMILES string of the molecule is Cc1nc2c(cc1Br)Oc1nc(C)c(Br)cc1O2. The third-order valence-electron chi connectivity index (χ3n) is 2.58. The molecular weight excluding hydrogens is 364 g/mol. The summed E-state index contributed by atoms with van der Waals surface area (Å²) in [6, 6.07) is 3.67. The van der Waals surface area contributed by atoms with E-state index in [4.69, 9.17) is 9.47 Å². The Morgan fingerprint density at radius 3 is 1.61 bits per heavy atom. The van der Waals surface area contributed by atoms with Crippen LogP contribution in [0.25, 0.3) is 0 Å². The van der Waals surface area contributed by atoms with Crippen LogP contribution in [-0.2, 0) is 0 Å². The maximum atomic E-state index is 5.70. The van der Waals surface area contributed by atoms with Gasteiger partial charge in [0.2, 0.25) is 0 Å². The van der Waals surface area contributed by atoms with Crippen LogP contribution in [0, 0.1) is 13.8 Å². The number of aromatic nitrogens is 2. The summed E-state index contributed by atoms with van der Waals surface area (Å²) in [4.78, 5) is 8.65. The highest BCUT2D eigenvalue weighted by molar-refractivity contribution is 9.10. The van der Waals surface area contributed by atoms with Crippen molar-refractivity contribution in [1.29, 1.82) is 0 Å². The third kappa shape index (κ3) is 1.89. The molecule has 0 fully saturated rings. The summed E-state index contributed by atoms with van der Waals surface area (Å²) in [5.74, 6) is 2.05. The van der Waals surface area contributed by atoms with Crippen LogP contribution < -0.4 is 9.47 Å². The Labute approximate surface area is 121 Å². The van der Waals surface area contributed by atoms with E-state index in [0.29, 0.717) is 23.3 Å². The first-order valence-corrected chi connectivity index (χ1v) is 6.83. The van der Waals surface area contributed by atoms with Crippen LogP contribution >= 0.6 is 31.9 Å². The zero-order valence-corrected chi connectivity index (χ0v) is 12.8. The molecule has 2 aromatic rings. The van der Waals surface area contributed by atoms with Crippen LogP contribution in [0.4, 0.5) is 0 Å². The minimum absolute atomic E-state index is 0.459. The van der Waals surface area contributed by atoms with Gasteiger partial charge in [-0.15, -0.1) is 0 Å². The van der Waals surface area contributed by atoms with E-state index in [2.05, 4.69) is 41.8 Å². The molecule has 0 spiro atoms. The van der Waals surface area contributed by atoms with E-state index in [-0.39, 0.29) is 0 Å². The third-order valence-corrected chi connectivity index (χ3v) is 4.19. The van der Waals surface area contributed by atoms with Crippen molar-refractivity contribution in [2.75, 3.05) is 0 Å². The van der Waals surface area contributed by atoms with Crippen molar-refractivity contribution in [3.63, 3.8) is 0 Å². The van der Waals surface area contributed by atoms with Gasteiger partial charge in [-0.2, -0.15) is 0 Å². The second kappa shape index (κ2) is 4.20. The fourth-order valence-corrected chi connectivity index (χ4v) is 2.18. The van der Waals surface area contributed by atoms with Gasteiger partial charge in [-0.3, -0.25) is 0 Å². The monoisotopic (exact) mass is 370 g/mol. The molecule has 4 nitrogen and oxygen atoms in total. The van der Waals surface area contributed by atoms with E-state index in [1.807, 2.05) is 26.0 Å². The molecule has 0 radical (unpaired) electrons. The molecule has 1 aliphatic rings. The molecular formula is C12H8Br2N2O2. The Balaban J connectivity index is 2.12. The number of ether oxygens (including phenoxy) is 2. The van der Waals surface area contributed by atoms with E-state index in [1.165, 1.54) is 0 Å². The summed E-state index contributed by atoms with van der Waals surface area (Å²) in [5, 5.41) is 0. The molecule has 92 valence electrons. The number of rotatable bonds is 0. The van der Waals surface area contributed by atoms with Gasteiger partial charge < -0.3 is 9.47 Å². The van der Waals surface area contributed by atoms with Gasteiger partial charge in [-0.25, -0.2) is 9.97 Å². The van der Waals surface area contributed by atoms with E-state index in [0.717, 1.165) is 20.3 Å². The molecule has 0 N–H and O–H groups in total. The van der Waals surface area contributed by atoms with Gasteiger partial charge in [0.05, 0.1) is 11.4 Å². The second-order valence-corrected chi connectivity index (χ2v) is 5.63. The van der Waals surface area contributed by atoms with Crippen molar-refractivity contribution in [2.24, 2.45) is 0 Å². The Bertz CT molecular complexity index is 548. The lowest BCUT2D eigenvalue weighted by Crippen LogP contribution is -2.04. The van der Waals surface area contributed by atoms with Gasteiger partial charge in [-0.1, -0.05) is 0 Å².